The lowest BCUT2D eigenvalue weighted by atomic mass is 9.76. The number of ether oxygens (including phenoxy) is 3. The number of benzene rings is 1. The SMILES string of the molecule is CCOC(=O)C1(C(=O)OCC)CCOc2cc(Cl)ccc21. The number of hydrogen-bond donors (Lipinski definition) is 0. The lowest BCUT2D eigenvalue weighted by molar-refractivity contribution is -0.166. The maximum atomic E-state index is 12.5. The molecule has 1 aliphatic heterocycles. The molecule has 1 heterocycles. The first-order valence-corrected chi connectivity index (χ1v) is 7.21. The van der Waals surface area contributed by atoms with Crippen LogP contribution in [0.3, 0.4) is 0 Å². The molecule has 0 aromatic heterocycles. The number of halogens is 1. The summed E-state index contributed by atoms with van der Waals surface area (Å²) in [6, 6.07) is 4.82. The quantitative estimate of drug-likeness (QED) is 0.631. The second-order valence-electron chi connectivity index (χ2n) is 4.59. The van der Waals surface area contributed by atoms with Crippen molar-refractivity contribution in [3.8, 4) is 5.75 Å². The second-order valence-corrected chi connectivity index (χ2v) is 5.02. The molecule has 0 fully saturated rings. The maximum Gasteiger partial charge on any atom is 0.328 e. The van der Waals surface area contributed by atoms with Crippen LogP contribution < -0.4 is 4.74 Å². The molecule has 0 bridgehead atoms. The zero-order chi connectivity index (χ0) is 15.5. The summed E-state index contributed by atoms with van der Waals surface area (Å²) in [5.41, 5.74) is -1.04. The average Bonchev–Trinajstić information content (AvgIpc) is 2.46. The number of fused-ring (bicyclic) bond motifs is 1. The van der Waals surface area contributed by atoms with Crippen LogP contribution in [0.15, 0.2) is 18.2 Å². The van der Waals surface area contributed by atoms with Crippen LogP contribution in [0.5, 0.6) is 5.75 Å². The van der Waals surface area contributed by atoms with Crippen molar-refractivity contribution < 1.29 is 23.8 Å². The third-order valence-corrected chi connectivity index (χ3v) is 3.62. The van der Waals surface area contributed by atoms with Gasteiger partial charge in [-0.05, 0) is 26.0 Å². The zero-order valence-corrected chi connectivity index (χ0v) is 12.7. The molecule has 0 saturated carbocycles. The Morgan fingerprint density at radius 2 is 1.86 bits per heavy atom. The summed E-state index contributed by atoms with van der Waals surface area (Å²) in [5, 5.41) is 0.470. The van der Waals surface area contributed by atoms with Crippen LogP contribution >= 0.6 is 11.6 Å². The van der Waals surface area contributed by atoms with Crippen molar-refractivity contribution in [1.82, 2.24) is 0 Å². The van der Waals surface area contributed by atoms with Gasteiger partial charge < -0.3 is 14.2 Å². The van der Waals surface area contributed by atoms with Crippen molar-refractivity contribution in [3.05, 3.63) is 28.8 Å². The number of esters is 2. The van der Waals surface area contributed by atoms with Gasteiger partial charge >= 0.3 is 11.9 Å². The molecule has 1 aromatic rings. The molecule has 0 aliphatic carbocycles. The summed E-state index contributed by atoms with van der Waals surface area (Å²) in [7, 11) is 0. The number of carbonyl (C=O) groups excluding carboxylic acids is 2. The molecule has 0 N–H and O–H groups in total. The van der Waals surface area contributed by atoms with E-state index >= 15 is 0 Å². The van der Waals surface area contributed by atoms with Crippen molar-refractivity contribution in [3.63, 3.8) is 0 Å². The Hall–Kier alpha value is -1.75. The highest BCUT2D eigenvalue weighted by Crippen LogP contribution is 2.42. The zero-order valence-electron chi connectivity index (χ0n) is 12.0. The minimum atomic E-state index is -1.48. The van der Waals surface area contributed by atoms with Crippen molar-refractivity contribution in [2.45, 2.75) is 25.7 Å². The lowest BCUT2D eigenvalue weighted by Crippen LogP contribution is -2.49. The van der Waals surface area contributed by atoms with E-state index in [-0.39, 0.29) is 26.2 Å². The number of rotatable bonds is 4. The second kappa shape index (κ2) is 6.35. The van der Waals surface area contributed by atoms with Crippen molar-refractivity contribution in [1.29, 1.82) is 0 Å². The smallest absolute Gasteiger partial charge is 0.328 e. The average molecular weight is 313 g/mol. The minimum Gasteiger partial charge on any atom is -0.493 e. The van der Waals surface area contributed by atoms with E-state index in [9.17, 15) is 9.59 Å². The molecule has 0 spiro atoms. The van der Waals surface area contributed by atoms with Crippen LogP contribution in [-0.4, -0.2) is 31.8 Å². The fourth-order valence-corrected chi connectivity index (χ4v) is 2.59. The fraction of sp³-hybridized carbons (Fsp3) is 0.467. The van der Waals surface area contributed by atoms with E-state index in [1.807, 2.05) is 0 Å². The summed E-state index contributed by atoms with van der Waals surface area (Å²) in [6.45, 7) is 3.97. The molecule has 5 nitrogen and oxygen atoms in total. The third kappa shape index (κ3) is 2.70. The van der Waals surface area contributed by atoms with E-state index in [1.54, 1.807) is 32.0 Å². The Labute approximate surface area is 128 Å². The summed E-state index contributed by atoms with van der Waals surface area (Å²) in [5.74, 6) is -0.819. The van der Waals surface area contributed by atoms with Crippen LogP contribution in [0.4, 0.5) is 0 Å². The van der Waals surface area contributed by atoms with Gasteiger partial charge in [0, 0.05) is 17.0 Å². The van der Waals surface area contributed by atoms with E-state index in [0.29, 0.717) is 16.3 Å². The van der Waals surface area contributed by atoms with Gasteiger partial charge in [0.05, 0.1) is 19.8 Å². The summed E-state index contributed by atoms with van der Waals surface area (Å²) >= 11 is 5.94. The van der Waals surface area contributed by atoms with E-state index in [1.165, 1.54) is 0 Å². The maximum absolute atomic E-state index is 12.5. The number of carbonyl (C=O) groups is 2. The predicted octanol–water partition coefficient (Wildman–Crippen LogP) is 2.49. The first-order chi connectivity index (χ1) is 10.1. The van der Waals surface area contributed by atoms with Crippen molar-refractivity contribution in [2.24, 2.45) is 0 Å². The van der Waals surface area contributed by atoms with Gasteiger partial charge in [-0.2, -0.15) is 0 Å². The van der Waals surface area contributed by atoms with Crippen LogP contribution in [0.2, 0.25) is 5.02 Å². The highest BCUT2D eigenvalue weighted by Gasteiger charge is 2.53. The standard InChI is InChI=1S/C15H17ClO5/c1-3-19-13(17)15(14(18)20-4-2)7-8-21-12-9-10(16)5-6-11(12)15/h5-6,9H,3-4,7-8H2,1-2H3. The van der Waals surface area contributed by atoms with Crippen LogP contribution in [0.25, 0.3) is 0 Å². The van der Waals surface area contributed by atoms with Gasteiger partial charge in [-0.1, -0.05) is 17.7 Å². The highest BCUT2D eigenvalue weighted by molar-refractivity contribution is 6.30. The van der Waals surface area contributed by atoms with Crippen LogP contribution in [-0.2, 0) is 24.5 Å². The Balaban J connectivity index is 2.56. The minimum absolute atomic E-state index is 0.180. The normalized spacial score (nSPS) is 15.6. The van der Waals surface area contributed by atoms with Gasteiger partial charge in [0.25, 0.3) is 0 Å². The number of hydrogen-bond acceptors (Lipinski definition) is 5. The molecule has 21 heavy (non-hydrogen) atoms. The molecule has 1 aromatic carbocycles. The molecule has 0 saturated heterocycles. The van der Waals surface area contributed by atoms with Gasteiger partial charge in [0.1, 0.15) is 5.75 Å². The van der Waals surface area contributed by atoms with Crippen molar-refractivity contribution in [2.75, 3.05) is 19.8 Å². The van der Waals surface area contributed by atoms with Gasteiger partial charge in [-0.25, -0.2) is 0 Å². The first kappa shape index (κ1) is 15.6. The third-order valence-electron chi connectivity index (χ3n) is 3.39. The monoisotopic (exact) mass is 312 g/mol. The molecular weight excluding hydrogens is 296 g/mol. The Morgan fingerprint density at radius 1 is 1.24 bits per heavy atom. The molecule has 114 valence electrons. The summed E-state index contributed by atoms with van der Waals surface area (Å²) < 4.78 is 15.7. The van der Waals surface area contributed by atoms with Gasteiger partial charge in [-0.15, -0.1) is 0 Å². The predicted molar refractivity (Wildman–Crippen MR) is 76.5 cm³/mol. The Kier molecular flexibility index (Phi) is 4.73. The highest BCUT2D eigenvalue weighted by atomic mass is 35.5. The molecule has 0 radical (unpaired) electrons. The van der Waals surface area contributed by atoms with E-state index in [0.717, 1.165) is 0 Å². The van der Waals surface area contributed by atoms with Gasteiger partial charge in [0.2, 0.25) is 0 Å². The van der Waals surface area contributed by atoms with Gasteiger partial charge in [0.15, 0.2) is 5.41 Å². The molecule has 0 atom stereocenters. The molecule has 1 aliphatic rings. The molecule has 6 heteroatoms. The molecule has 2 rings (SSSR count). The Morgan fingerprint density at radius 3 is 2.43 bits per heavy atom. The lowest BCUT2D eigenvalue weighted by Gasteiger charge is -2.34. The van der Waals surface area contributed by atoms with Crippen LogP contribution in [0, 0.1) is 0 Å². The largest absolute Gasteiger partial charge is 0.493 e. The summed E-state index contributed by atoms with van der Waals surface area (Å²) in [4.78, 5) is 24.9. The van der Waals surface area contributed by atoms with Gasteiger partial charge in [-0.3, -0.25) is 9.59 Å². The van der Waals surface area contributed by atoms with E-state index in [4.69, 9.17) is 25.8 Å². The van der Waals surface area contributed by atoms with Crippen LogP contribution in [0.1, 0.15) is 25.8 Å². The van der Waals surface area contributed by atoms with E-state index in [2.05, 4.69) is 0 Å². The first-order valence-electron chi connectivity index (χ1n) is 6.83. The molecular formula is C15H17ClO5. The van der Waals surface area contributed by atoms with E-state index < -0.39 is 17.4 Å². The fourth-order valence-electron chi connectivity index (χ4n) is 2.43. The molecule has 0 unspecified atom stereocenters. The summed E-state index contributed by atoms with van der Waals surface area (Å²) in [6.07, 6.45) is 0.180. The Bertz CT molecular complexity index is 537. The van der Waals surface area contributed by atoms with Crippen molar-refractivity contribution >= 4 is 23.5 Å². The topological polar surface area (TPSA) is 61.8 Å². The molecule has 0 amide bonds.